The third-order valence-corrected chi connectivity index (χ3v) is 6.91. The van der Waals surface area contributed by atoms with Crippen molar-refractivity contribution in [2.45, 2.75) is 4.90 Å². The number of hydrogen-bond donors (Lipinski definition) is 2. The Labute approximate surface area is 195 Å². The number of ketones is 1. The molecular weight excluding hydrogens is 456 g/mol. The van der Waals surface area contributed by atoms with Gasteiger partial charge >= 0.3 is 0 Å². The number of hydroxylamine groups is 1. The maximum atomic E-state index is 13.3. The second-order valence-electron chi connectivity index (χ2n) is 7.33. The summed E-state index contributed by atoms with van der Waals surface area (Å²) in [6, 6.07) is 19.3. The molecule has 2 N–H and O–H groups in total. The molecule has 0 saturated carbocycles. The molecule has 9 heteroatoms. The molecule has 172 valence electrons. The van der Waals surface area contributed by atoms with Crippen LogP contribution in [0.2, 0.25) is 0 Å². The maximum Gasteiger partial charge on any atom is 0.268 e. The van der Waals surface area contributed by atoms with Gasteiger partial charge in [-0.2, -0.15) is 0 Å². The molecule has 0 aliphatic carbocycles. The first kappa shape index (κ1) is 23.0. The van der Waals surface area contributed by atoms with E-state index >= 15 is 0 Å². The Morgan fingerprint density at radius 3 is 2.41 bits per heavy atom. The van der Waals surface area contributed by atoms with Crippen molar-refractivity contribution in [2.75, 3.05) is 7.11 Å². The van der Waals surface area contributed by atoms with E-state index in [-0.39, 0.29) is 10.7 Å². The average molecular weight is 477 g/mol. The number of carbonyl (C=O) groups is 2. The van der Waals surface area contributed by atoms with Gasteiger partial charge in [0.05, 0.1) is 17.5 Å². The normalized spacial score (nSPS) is 11.6. The van der Waals surface area contributed by atoms with Gasteiger partial charge in [-0.15, -0.1) is 0 Å². The predicted molar refractivity (Wildman–Crippen MR) is 126 cm³/mol. The number of amides is 1. The molecule has 3 aromatic carbocycles. The van der Waals surface area contributed by atoms with E-state index in [2.05, 4.69) is 0 Å². The summed E-state index contributed by atoms with van der Waals surface area (Å²) < 4.78 is 32.9. The molecule has 34 heavy (non-hydrogen) atoms. The van der Waals surface area contributed by atoms with Gasteiger partial charge < -0.3 is 4.74 Å². The van der Waals surface area contributed by atoms with E-state index < -0.39 is 15.9 Å². The smallest absolute Gasteiger partial charge is 0.268 e. The lowest BCUT2D eigenvalue weighted by molar-refractivity contribution is -0.124. The Morgan fingerprint density at radius 1 is 0.971 bits per heavy atom. The molecule has 0 bridgehead atoms. The monoisotopic (exact) mass is 476 g/mol. The number of nitrogens with one attached hydrogen (secondary N) is 1. The molecule has 0 unspecified atom stereocenters. The van der Waals surface area contributed by atoms with Crippen molar-refractivity contribution in [3.63, 3.8) is 0 Å². The Morgan fingerprint density at radius 2 is 1.71 bits per heavy atom. The lowest BCUT2D eigenvalue weighted by atomic mass is 10.0. The van der Waals surface area contributed by atoms with Crippen LogP contribution in [0.15, 0.2) is 90.0 Å². The van der Waals surface area contributed by atoms with Crippen LogP contribution in [0.1, 0.15) is 21.5 Å². The fourth-order valence-electron chi connectivity index (χ4n) is 3.48. The average Bonchev–Trinajstić information content (AvgIpc) is 3.31. The number of fused-ring (bicyclic) bond motifs is 1. The first-order valence-corrected chi connectivity index (χ1v) is 11.5. The van der Waals surface area contributed by atoms with Crippen molar-refractivity contribution in [3.05, 3.63) is 102 Å². The van der Waals surface area contributed by atoms with Crippen molar-refractivity contribution in [1.82, 2.24) is 9.45 Å². The summed E-state index contributed by atoms with van der Waals surface area (Å²) in [4.78, 5) is 24.1. The molecule has 0 saturated heterocycles. The van der Waals surface area contributed by atoms with Crippen LogP contribution in [0.5, 0.6) is 5.75 Å². The predicted octanol–water partition coefficient (Wildman–Crippen LogP) is 3.64. The van der Waals surface area contributed by atoms with E-state index in [1.54, 1.807) is 67.8 Å². The number of hydrogen-bond acceptors (Lipinski definition) is 6. The van der Waals surface area contributed by atoms with Crippen molar-refractivity contribution < 1.29 is 28.0 Å². The summed E-state index contributed by atoms with van der Waals surface area (Å²) in [5, 5.41) is 9.18. The largest absolute Gasteiger partial charge is 0.497 e. The number of aromatic nitrogens is 1. The van der Waals surface area contributed by atoms with Gasteiger partial charge in [0.15, 0.2) is 5.78 Å². The summed E-state index contributed by atoms with van der Waals surface area (Å²) in [6.45, 7) is 0. The topological polar surface area (TPSA) is 115 Å². The molecular formula is C25H20N2O6S. The quantitative estimate of drug-likeness (QED) is 0.182. The van der Waals surface area contributed by atoms with Gasteiger partial charge in [0.1, 0.15) is 5.75 Å². The van der Waals surface area contributed by atoms with E-state index in [4.69, 9.17) is 9.94 Å². The maximum absolute atomic E-state index is 13.3. The lowest BCUT2D eigenvalue weighted by Gasteiger charge is -2.09. The summed E-state index contributed by atoms with van der Waals surface area (Å²) in [7, 11) is -2.40. The fraction of sp³-hybridized carbons (Fsp3) is 0.0400. The Bertz CT molecular complexity index is 1520. The highest BCUT2D eigenvalue weighted by molar-refractivity contribution is 7.90. The number of benzene rings is 3. The number of nitrogens with zero attached hydrogens (tertiary/aromatic N) is 1. The van der Waals surface area contributed by atoms with Crippen LogP contribution in [-0.4, -0.2) is 36.4 Å². The van der Waals surface area contributed by atoms with Gasteiger partial charge in [0.25, 0.3) is 15.9 Å². The minimum Gasteiger partial charge on any atom is -0.497 e. The van der Waals surface area contributed by atoms with Crippen molar-refractivity contribution in [3.8, 4) is 5.75 Å². The van der Waals surface area contributed by atoms with E-state index in [1.165, 1.54) is 29.9 Å². The van der Waals surface area contributed by atoms with Gasteiger partial charge in [0, 0.05) is 28.8 Å². The standard InChI is InChI=1S/C25H20N2O6S/c1-33-21-9-6-18(7-10-21)25(29)20-8-11-23-19(16-20)13-14-27(23)34(31,32)22-4-2-3-17(15-22)5-12-24(28)26-30/h2-16,30H,1H3,(H,26,28)/b12-5+. The van der Waals surface area contributed by atoms with E-state index in [9.17, 15) is 18.0 Å². The minimum atomic E-state index is -3.95. The lowest BCUT2D eigenvalue weighted by Crippen LogP contribution is -2.14. The molecule has 8 nitrogen and oxygen atoms in total. The molecule has 0 spiro atoms. The third-order valence-electron chi connectivity index (χ3n) is 5.22. The van der Waals surface area contributed by atoms with Gasteiger partial charge in [-0.1, -0.05) is 12.1 Å². The first-order valence-electron chi connectivity index (χ1n) is 10.1. The van der Waals surface area contributed by atoms with Crippen molar-refractivity contribution in [1.29, 1.82) is 0 Å². The molecule has 0 fully saturated rings. The molecule has 0 aliphatic rings. The Kier molecular flexibility index (Phi) is 6.31. The Balaban J connectivity index is 1.67. The highest BCUT2D eigenvalue weighted by atomic mass is 32.2. The van der Waals surface area contributed by atoms with Crippen LogP contribution in [-0.2, 0) is 14.8 Å². The SMILES string of the molecule is COc1ccc(C(=O)c2ccc3c(ccn3S(=O)(=O)c3cccc(/C=C/C(=O)NO)c3)c2)cc1. The molecule has 1 amide bonds. The number of methoxy groups -OCH3 is 1. The van der Waals surface area contributed by atoms with Crippen LogP contribution in [0.25, 0.3) is 17.0 Å². The van der Waals surface area contributed by atoms with E-state index in [0.29, 0.717) is 33.3 Å². The van der Waals surface area contributed by atoms with Gasteiger partial charge in [-0.25, -0.2) is 17.9 Å². The molecule has 4 rings (SSSR count). The third kappa shape index (κ3) is 4.47. The zero-order valence-corrected chi connectivity index (χ0v) is 18.8. The number of ether oxygens (including phenoxy) is 1. The molecule has 0 aliphatic heterocycles. The minimum absolute atomic E-state index is 0.0231. The summed E-state index contributed by atoms with van der Waals surface area (Å²) in [5.41, 5.74) is 3.29. The molecule has 1 aromatic heterocycles. The van der Waals surface area contributed by atoms with Gasteiger partial charge in [0.2, 0.25) is 0 Å². The Hall–Kier alpha value is -4.21. The summed E-state index contributed by atoms with van der Waals surface area (Å²) >= 11 is 0. The molecule has 0 atom stereocenters. The number of carbonyl (C=O) groups excluding carboxylic acids is 2. The zero-order chi connectivity index (χ0) is 24.3. The van der Waals surface area contributed by atoms with Gasteiger partial charge in [-0.05, 0) is 72.3 Å². The highest BCUT2D eigenvalue weighted by Gasteiger charge is 2.20. The molecule has 0 radical (unpaired) electrons. The van der Waals surface area contributed by atoms with Crippen molar-refractivity contribution >= 4 is 38.7 Å². The van der Waals surface area contributed by atoms with Crippen LogP contribution >= 0.6 is 0 Å². The van der Waals surface area contributed by atoms with Crippen LogP contribution in [0, 0.1) is 0 Å². The van der Waals surface area contributed by atoms with Crippen LogP contribution in [0.3, 0.4) is 0 Å². The van der Waals surface area contributed by atoms with E-state index in [1.807, 2.05) is 0 Å². The summed E-state index contributed by atoms with van der Waals surface area (Å²) in [5.74, 6) is -0.276. The molecule has 4 aromatic rings. The van der Waals surface area contributed by atoms with Crippen LogP contribution < -0.4 is 10.2 Å². The molecule has 1 heterocycles. The van der Waals surface area contributed by atoms with Crippen LogP contribution in [0.4, 0.5) is 0 Å². The fourth-order valence-corrected chi connectivity index (χ4v) is 4.89. The zero-order valence-electron chi connectivity index (χ0n) is 18.0. The first-order chi connectivity index (χ1) is 16.3. The summed E-state index contributed by atoms with van der Waals surface area (Å²) in [6.07, 6.45) is 3.90. The number of rotatable bonds is 7. The second-order valence-corrected chi connectivity index (χ2v) is 9.14. The van der Waals surface area contributed by atoms with E-state index in [0.717, 1.165) is 10.0 Å². The second kappa shape index (κ2) is 9.34. The van der Waals surface area contributed by atoms with Crippen molar-refractivity contribution in [2.24, 2.45) is 0 Å². The van der Waals surface area contributed by atoms with Gasteiger partial charge in [-0.3, -0.25) is 14.8 Å². The highest BCUT2D eigenvalue weighted by Crippen LogP contribution is 2.25.